The molecular weight excluding hydrogens is 652 g/mol. The van der Waals surface area contributed by atoms with Crippen molar-refractivity contribution in [3.63, 3.8) is 0 Å². The van der Waals surface area contributed by atoms with Crippen LogP contribution in [0.3, 0.4) is 0 Å². The summed E-state index contributed by atoms with van der Waals surface area (Å²) in [6.07, 6.45) is -17.6. The van der Waals surface area contributed by atoms with Gasteiger partial charge in [0.15, 0.2) is 5.76 Å². The molecule has 16 nitrogen and oxygen atoms in total. The van der Waals surface area contributed by atoms with Crippen molar-refractivity contribution in [2.24, 2.45) is 0 Å². The van der Waals surface area contributed by atoms with Gasteiger partial charge >= 0.3 is 0 Å². The van der Waals surface area contributed by atoms with E-state index in [0.717, 1.165) is 6.07 Å². The number of fused-ring (bicyclic) bond motifs is 1. The van der Waals surface area contributed by atoms with Gasteiger partial charge in [0.2, 0.25) is 23.8 Å². The predicted octanol–water partition coefficient (Wildman–Crippen LogP) is -0.961. The second-order valence-electron chi connectivity index (χ2n) is 12.1. The van der Waals surface area contributed by atoms with Crippen molar-refractivity contribution in [1.29, 1.82) is 0 Å². The molecule has 9 N–H and O–H groups in total. The van der Waals surface area contributed by atoms with Crippen molar-refractivity contribution in [3.8, 4) is 34.3 Å². The van der Waals surface area contributed by atoms with Crippen molar-refractivity contribution < 1.29 is 74.1 Å². The normalized spacial score (nSPS) is 30.9. The van der Waals surface area contributed by atoms with Gasteiger partial charge in [-0.15, -0.1) is 0 Å². The third kappa shape index (κ3) is 6.98. The van der Waals surface area contributed by atoms with Crippen LogP contribution in [-0.2, 0) is 15.9 Å². The van der Waals surface area contributed by atoms with Crippen LogP contribution in [0.1, 0.15) is 19.4 Å². The van der Waals surface area contributed by atoms with Gasteiger partial charge in [0.05, 0.1) is 25.9 Å². The highest BCUT2D eigenvalue weighted by molar-refractivity contribution is 5.91. The first kappa shape index (κ1) is 36.5. The molecule has 0 amide bonds. The highest BCUT2D eigenvalue weighted by Gasteiger charge is 2.46. The fourth-order valence-corrected chi connectivity index (χ4v) is 5.58. The quantitative estimate of drug-likeness (QED) is 0.116. The standard InChI is InChI=1S/C33H40O16/c1-12(2)17(35)9-16-19(46-33-28(43)26(41)23(38)20(11-34)47-33)10-18(36)21-24(39)31(49-32-27(42)25(40)22(37)13(3)45-32)29(48-30(16)21)14-5-7-15(44-4)8-6-14/h5-8,10,13,17,20,22-23,25-28,32-38,40-43H,1,9,11H2,2-4H3/t13-,17?,20-,22-,23-,25+,26+,27+,28-,32-,33-/m1/s1. The van der Waals surface area contributed by atoms with Gasteiger partial charge in [-0.3, -0.25) is 4.79 Å². The maximum absolute atomic E-state index is 14.3. The maximum Gasteiger partial charge on any atom is 0.239 e. The summed E-state index contributed by atoms with van der Waals surface area (Å²) in [7, 11) is 1.45. The van der Waals surface area contributed by atoms with Gasteiger partial charge in [-0.05, 0) is 38.1 Å². The summed E-state index contributed by atoms with van der Waals surface area (Å²) in [5.41, 5.74) is -0.772. The summed E-state index contributed by atoms with van der Waals surface area (Å²) in [5, 5.41) is 93.7. The van der Waals surface area contributed by atoms with Crippen LogP contribution in [0.2, 0.25) is 0 Å². The number of rotatable bonds is 10. The Morgan fingerprint density at radius 2 is 1.53 bits per heavy atom. The topological polar surface area (TPSA) is 258 Å². The number of methoxy groups -OCH3 is 1. The van der Waals surface area contributed by atoms with Crippen LogP contribution in [0.4, 0.5) is 0 Å². The van der Waals surface area contributed by atoms with Crippen LogP contribution in [0, 0.1) is 0 Å². The average molecular weight is 693 g/mol. The van der Waals surface area contributed by atoms with Crippen molar-refractivity contribution in [3.05, 3.63) is 58.3 Å². The summed E-state index contributed by atoms with van der Waals surface area (Å²) in [4.78, 5) is 14.3. The van der Waals surface area contributed by atoms with E-state index in [-0.39, 0.29) is 34.6 Å². The lowest BCUT2D eigenvalue weighted by Crippen LogP contribution is -2.60. The molecule has 1 aromatic heterocycles. The van der Waals surface area contributed by atoms with Crippen LogP contribution in [-0.4, -0.2) is 127 Å². The van der Waals surface area contributed by atoms with Crippen molar-refractivity contribution in [1.82, 2.24) is 0 Å². The van der Waals surface area contributed by atoms with Crippen LogP contribution in [0.5, 0.6) is 23.0 Å². The number of aliphatic hydroxyl groups is 8. The van der Waals surface area contributed by atoms with E-state index in [9.17, 15) is 50.8 Å². The molecule has 16 heteroatoms. The van der Waals surface area contributed by atoms with E-state index in [1.54, 1.807) is 12.1 Å². The molecule has 2 saturated heterocycles. The monoisotopic (exact) mass is 692 g/mol. The largest absolute Gasteiger partial charge is 0.507 e. The number of aromatic hydroxyl groups is 1. The number of phenols is 1. The molecule has 2 aromatic carbocycles. The Morgan fingerprint density at radius 3 is 2.12 bits per heavy atom. The van der Waals surface area contributed by atoms with E-state index < -0.39 is 96.4 Å². The van der Waals surface area contributed by atoms with Crippen molar-refractivity contribution in [2.75, 3.05) is 13.7 Å². The first-order valence-corrected chi connectivity index (χ1v) is 15.3. The van der Waals surface area contributed by atoms with E-state index in [0.29, 0.717) is 11.3 Å². The molecule has 268 valence electrons. The summed E-state index contributed by atoms with van der Waals surface area (Å²) in [6.45, 7) is 5.97. The minimum Gasteiger partial charge on any atom is -0.507 e. The molecule has 11 atom stereocenters. The predicted molar refractivity (Wildman–Crippen MR) is 168 cm³/mol. The summed E-state index contributed by atoms with van der Waals surface area (Å²) in [5.74, 6) is -1.35. The molecule has 2 aliphatic heterocycles. The Labute approximate surface area is 279 Å². The Balaban J connectivity index is 1.73. The Hall–Kier alpha value is -3.81. The van der Waals surface area contributed by atoms with Gasteiger partial charge in [0, 0.05) is 23.6 Å². The van der Waals surface area contributed by atoms with Gasteiger partial charge in [-0.1, -0.05) is 12.2 Å². The second-order valence-corrected chi connectivity index (χ2v) is 12.1. The molecule has 0 saturated carbocycles. The molecule has 5 rings (SSSR count). The van der Waals surface area contributed by atoms with E-state index in [1.807, 2.05) is 0 Å². The Bertz CT molecular complexity index is 1700. The van der Waals surface area contributed by atoms with E-state index in [2.05, 4.69) is 6.58 Å². The number of hydrogen-bond donors (Lipinski definition) is 9. The molecule has 1 unspecified atom stereocenters. The van der Waals surface area contributed by atoms with E-state index in [4.69, 9.17) is 28.1 Å². The molecular formula is C33H40O16. The van der Waals surface area contributed by atoms with Gasteiger partial charge in [0.1, 0.15) is 70.9 Å². The fraction of sp³-hybridized carbons (Fsp3) is 0.485. The highest BCUT2D eigenvalue weighted by Crippen LogP contribution is 2.42. The van der Waals surface area contributed by atoms with Gasteiger partial charge in [-0.25, -0.2) is 0 Å². The first-order valence-electron chi connectivity index (χ1n) is 15.3. The minimum absolute atomic E-state index is 0.0280. The molecule has 0 spiro atoms. The second kappa shape index (κ2) is 14.6. The molecule has 0 radical (unpaired) electrons. The van der Waals surface area contributed by atoms with E-state index >= 15 is 0 Å². The fourth-order valence-electron chi connectivity index (χ4n) is 5.58. The van der Waals surface area contributed by atoms with Gasteiger partial charge < -0.3 is 74.1 Å². The number of hydrogen-bond acceptors (Lipinski definition) is 16. The zero-order chi connectivity index (χ0) is 35.9. The SMILES string of the molecule is C=C(C)C(O)Cc1c(O[C@@H]2O[C@H](CO)[C@@H](O)[C@H](O)[C@H]2O)cc(O)c2c(=O)c(O[C@H]3O[C@H](C)[C@@H](O)[C@H](O)[C@@H]3O)c(-c3ccc(OC)cc3)oc12. The van der Waals surface area contributed by atoms with Gasteiger partial charge in [0.25, 0.3) is 0 Å². The number of phenolic OH excluding ortho intramolecular Hbond substituents is 1. The van der Waals surface area contributed by atoms with Crippen LogP contribution < -0.4 is 19.6 Å². The lowest BCUT2D eigenvalue weighted by atomic mass is 9.97. The lowest BCUT2D eigenvalue weighted by molar-refractivity contribution is -0.277. The van der Waals surface area contributed by atoms with Crippen LogP contribution in [0.15, 0.2) is 51.7 Å². The summed E-state index contributed by atoms with van der Waals surface area (Å²) in [6, 6.07) is 7.13. The summed E-state index contributed by atoms with van der Waals surface area (Å²) >= 11 is 0. The molecule has 49 heavy (non-hydrogen) atoms. The van der Waals surface area contributed by atoms with Gasteiger partial charge in [-0.2, -0.15) is 0 Å². The minimum atomic E-state index is -1.84. The van der Waals surface area contributed by atoms with Crippen molar-refractivity contribution >= 4 is 11.0 Å². The molecule has 3 aromatic rings. The zero-order valence-electron chi connectivity index (χ0n) is 26.7. The molecule has 3 heterocycles. The van der Waals surface area contributed by atoms with Crippen LogP contribution in [0.25, 0.3) is 22.3 Å². The highest BCUT2D eigenvalue weighted by atomic mass is 16.7. The zero-order valence-corrected chi connectivity index (χ0v) is 26.7. The van der Waals surface area contributed by atoms with E-state index in [1.165, 1.54) is 33.1 Å². The maximum atomic E-state index is 14.3. The number of aliphatic hydroxyl groups excluding tert-OH is 8. The lowest BCUT2D eigenvalue weighted by Gasteiger charge is -2.39. The average Bonchev–Trinajstić information content (AvgIpc) is 3.08. The Morgan fingerprint density at radius 1 is 0.918 bits per heavy atom. The smallest absolute Gasteiger partial charge is 0.239 e. The summed E-state index contributed by atoms with van der Waals surface area (Å²) < 4.78 is 34.3. The molecule has 2 aliphatic rings. The molecule has 0 aliphatic carbocycles. The first-order chi connectivity index (χ1) is 23.2. The van der Waals surface area contributed by atoms with Crippen LogP contribution >= 0.6 is 0 Å². The number of benzene rings is 2. The Kier molecular flexibility index (Phi) is 10.9. The third-order valence-corrected chi connectivity index (χ3v) is 8.62. The number of ether oxygens (including phenoxy) is 5. The molecule has 0 bridgehead atoms. The molecule has 2 fully saturated rings. The third-order valence-electron chi connectivity index (χ3n) is 8.62. The van der Waals surface area contributed by atoms with Crippen molar-refractivity contribution in [2.45, 2.75) is 87.8 Å².